The molecule has 1 aliphatic rings. The van der Waals surface area contributed by atoms with Crippen LogP contribution in [0, 0.1) is 5.41 Å². The van der Waals surface area contributed by atoms with Crippen LogP contribution in [0.25, 0.3) is 0 Å². The molecule has 0 radical (unpaired) electrons. The van der Waals surface area contributed by atoms with Crippen molar-refractivity contribution in [2.45, 2.75) is 45.6 Å². The van der Waals surface area contributed by atoms with Gasteiger partial charge in [-0.3, -0.25) is 4.18 Å². The molecule has 9 nitrogen and oxygen atoms in total. The van der Waals surface area contributed by atoms with Gasteiger partial charge in [0.25, 0.3) is 16.0 Å². The Kier molecular flexibility index (Phi) is 10.2. The van der Waals surface area contributed by atoms with Crippen LogP contribution in [0.5, 0.6) is 0 Å². The molecule has 1 heterocycles. The van der Waals surface area contributed by atoms with Gasteiger partial charge in [-0.05, 0) is 24.3 Å². The molecule has 1 saturated heterocycles. The van der Waals surface area contributed by atoms with Crippen LogP contribution >= 0.6 is 0 Å². The van der Waals surface area contributed by atoms with Gasteiger partial charge in [-0.25, -0.2) is 18.4 Å². The van der Waals surface area contributed by atoms with Gasteiger partial charge in [-0.2, -0.15) is 8.42 Å². The van der Waals surface area contributed by atoms with E-state index in [4.69, 9.17) is 9.47 Å². The van der Waals surface area contributed by atoms with Crippen LogP contribution in [0.15, 0.2) is 36.5 Å². The highest BCUT2D eigenvalue weighted by atomic mass is 32.2. The van der Waals surface area contributed by atoms with Gasteiger partial charge in [0.15, 0.2) is 0 Å². The number of alkyl halides is 2. The van der Waals surface area contributed by atoms with E-state index in [-0.39, 0.29) is 31.6 Å². The van der Waals surface area contributed by atoms with E-state index in [1.807, 2.05) is 27.7 Å². The zero-order valence-corrected chi connectivity index (χ0v) is 21.0. The SMILES string of the molecule is C=C(/C=C\C=C/C)COC(=O)NC1(C(F)(F)COS(C)(=O)=O)CCN(C(=O)OCC(C)(C)C)C1. The third-order valence-corrected chi connectivity index (χ3v) is 5.22. The summed E-state index contributed by atoms with van der Waals surface area (Å²) in [5, 5.41) is 2.13. The zero-order chi connectivity index (χ0) is 26.2. The molecule has 0 aromatic carbocycles. The number of nitrogens with one attached hydrogen (secondary N) is 1. The topological polar surface area (TPSA) is 111 Å². The molecule has 0 aromatic rings. The Morgan fingerprint density at radius 2 is 1.82 bits per heavy atom. The van der Waals surface area contributed by atoms with E-state index in [9.17, 15) is 18.0 Å². The van der Waals surface area contributed by atoms with Crippen molar-refractivity contribution in [2.75, 3.05) is 39.2 Å². The maximum absolute atomic E-state index is 15.2. The van der Waals surface area contributed by atoms with Gasteiger partial charge < -0.3 is 19.7 Å². The lowest BCUT2D eigenvalue weighted by Crippen LogP contribution is -2.64. The average Bonchev–Trinajstić information content (AvgIpc) is 3.14. The van der Waals surface area contributed by atoms with Gasteiger partial charge in [0.2, 0.25) is 0 Å². The maximum atomic E-state index is 15.2. The normalized spacial score (nSPS) is 19.6. The van der Waals surface area contributed by atoms with E-state index < -0.39 is 46.9 Å². The highest BCUT2D eigenvalue weighted by Gasteiger charge is 2.60. The Morgan fingerprint density at radius 1 is 1.18 bits per heavy atom. The minimum absolute atomic E-state index is 0.0568. The van der Waals surface area contributed by atoms with Gasteiger partial charge in [0.1, 0.15) is 18.8 Å². The second-order valence-electron chi connectivity index (χ2n) is 9.28. The van der Waals surface area contributed by atoms with Crippen molar-refractivity contribution < 1.29 is 40.4 Å². The number of likely N-dealkylation sites (tertiary alicyclic amines) is 1. The molecule has 2 amide bonds. The minimum atomic E-state index is -4.18. The molecule has 1 unspecified atom stereocenters. The molecule has 1 aliphatic heterocycles. The first-order valence-corrected chi connectivity index (χ1v) is 12.4. The number of hydrogen-bond acceptors (Lipinski definition) is 7. The largest absolute Gasteiger partial charge is 0.449 e. The monoisotopic (exact) mass is 508 g/mol. The number of hydrogen-bond donors (Lipinski definition) is 1. The molecule has 12 heteroatoms. The maximum Gasteiger partial charge on any atom is 0.409 e. The van der Waals surface area contributed by atoms with Gasteiger partial charge in [-0.1, -0.05) is 51.7 Å². The van der Waals surface area contributed by atoms with Crippen LogP contribution in [0.1, 0.15) is 34.1 Å². The van der Waals surface area contributed by atoms with Crippen LogP contribution in [0.3, 0.4) is 0 Å². The van der Waals surface area contributed by atoms with Crippen molar-refractivity contribution >= 4 is 22.3 Å². The summed E-state index contributed by atoms with van der Waals surface area (Å²) >= 11 is 0. The second kappa shape index (κ2) is 11.8. The van der Waals surface area contributed by atoms with Crippen LogP contribution < -0.4 is 5.32 Å². The van der Waals surface area contributed by atoms with E-state index in [1.54, 1.807) is 24.3 Å². The van der Waals surface area contributed by atoms with Gasteiger partial charge in [-0.15, -0.1) is 0 Å². The number of carbonyl (C=O) groups excluding carboxylic acids is 2. The summed E-state index contributed by atoms with van der Waals surface area (Å²) < 4.78 is 67.5. The summed E-state index contributed by atoms with van der Waals surface area (Å²) in [4.78, 5) is 25.8. The van der Waals surface area contributed by atoms with Crippen molar-refractivity contribution in [1.29, 1.82) is 0 Å². The van der Waals surface area contributed by atoms with E-state index in [0.717, 1.165) is 4.90 Å². The molecule has 0 spiro atoms. The fourth-order valence-corrected chi connectivity index (χ4v) is 3.25. The molecule has 0 aromatic heterocycles. The first-order valence-electron chi connectivity index (χ1n) is 10.6. The van der Waals surface area contributed by atoms with Crippen molar-refractivity contribution in [3.8, 4) is 0 Å². The number of alkyl carbamates (subject to hydrolysis) is 1. The number of amides is 2. The van der Waals surface area contributed by atoms with Crippen LogP contribution in [-0.4, -0.2) is 76.1 Å². The predicted octanol–water partition coefficient (Wildman–Crippen LogP) is 3.64. The van der Waals surface area contributed by atoms with Crippen LogP contribution in [0.4, 0.5) is 18.4 Å². The standard InChI is InChI=1S/C22H34F2N2O7S/c1-7-8-9-10-17(2)13-31-18(27)25-21(22(23,24)16-33-34(6,29)30)11-12-26(14-21)19(28)32-15-20(3,4)5/h7-10H,2,11-16H2,1,3-6H3,(H,25,27)/b8-7-,10-9-. The molecular weight excluding hydrogens is 474 g/mol. The minimum Gasteiger partial charge on any atom is -0.449 e. The molecule has 0 bridgehead atoms. The Morgan fingerprint density at radius 3 is 2.38 bits per heavy atom. The van der Waals surface area contributed by atoms with E-state index in [0.29, 0.717) is 11.8 Å². The van der Waals surface area contributed by atoms with Gasteiger partial charge in [0.05, 0.1) is 19.4 Å². The predicted molar refractivity (Wildman–Crippen MR) is 123 cm³/mol. The molecule has 1 fully saturated rings. The third-order valence-electron chi connectivity index (χ3n) is 4.68. The summed E-state index contributed by atoms with van der Waals surface area (Å²) in [7, 11) is -4.18. The summed E-state index contributed by atoms with van der Waals surface area (Å²) in [6.07, 6.45) is 5.01. The lowest BCUT2D eigenvalue weighted by molar-refractivity contribution is -0.109. The number of allylic oxidation sites excluding steroid dienone is 3. The third kappa shape index (κ3) is 9.80. The number of halogens is 2. The number of nitrogens with zero attached hydrogens (tertiary/aromatic N) is 1. The van der Waals surface area contributed by atoms with Crippen molar-refractivity contribution in [3.63, 3.8) is 0 Å². The second-order valence-corrected chi connectivity index (χ2v) is 10.9. The van der Waals surface area contributed by atoms with Gasteiger partial charge >= 0.3 is 12.2 Å². The smallest absolute Gasteiger partial charge is 0.409 e. The van der Waals surface area contributed by atoms with Crippen molar-refractivity contribution in [1.82, 2.24) is 10.2 Å². The molecule has 0 saturated carbocycles. The number of ether oxygens (including phenoxy) is 2. The fraction of sp³-hybridized carbons (Fsp3) is 0.636. The summed E-state index contributed by atoms with van der Waals surface area (Å²) in [6, 6.07) is 0. The van der Waals surface area contributed by atoms with Crippen molar-refractivity contribution in [2.24, 2.45) is 5.41 Å². The van der Waals surface area contributed by atoms with E-state index in [2.05, 4.69) is 16.1 Å². The highest BCUT2D eigenvalue weighted by Crippen LogP contribution is 2.38. The molecule has 194 valence electrons. The lowest BCUT2D eigenvalue weighted by atomic mass is 9.90. The van der Waals surface area contributed by atoms with Crippen LogP contribution in [0.2, 0.25) is 0 Å². The molecule has 1 atom stereocenters. The van der Waals surface area contributed by atoms with E-state index >= 15 is 8.78 Å². The summed E-state index contributed by atoms with van der Waals surface area (Å²) in [6.45, 7) is 8.51. The lowest BCUT2D eigenvalue weighted by Gasteiger charge is -2.36. The Balaban J connectivity index is 3.00. The highest BCUT2D eigenvalue weighted by molar-refractivity contribution is 7.85. The molecular formula is C22H34F2N2O7S. The molecule has 1 N–H and O–H groups in total. The average molecular weight is 509 g/mol. The molecule has 34 heavy (non-hydrogen) atoms. The first-order chi connectivity index (χ1) is 15.5. The van der Waals surface area contributed by atoms with Gasteiger partial charge in [0, 0.05) is 6.54 Å². The van der Waals surface area contributed by atoms with Crippen LogP contribution in [-0.2, 0) is 23.8 Å². The number of rotatable bonds is 10. The molecule has 0 aliphatic carbocycles. The summed E-state index contributed by atoms with van der Waals surface area (Å²) in [5.74, 6) is -3.86. The van der Waals surface area contributed by atoms with E-state index in [1.165, 1.54) is 0 Å². The quantitative estimate of drug-likeness (QED) is 0.354. The Hall–Kier alpha value is -2.47. The van der Waals surface area contributed by atoms with Crippen molar-refractivity contribution in [3.05, 3.63) is 36.5 Å². The summed E-state index contributed by atoms with van der Waals surface area (Å²) in [5.41, 5.74) is -2.27. The zero-order valence-electron chi connectivity index (χ0n) is 20.2. The fourth-order valence-electron chi connectivity index (χ4n) is 2.89. The Bertz CT molecular complexity index is 911. The first kappa shape index (κ1) is 29.6. The number of carbonyl (C=O) groups is 2. The Labute approximate surface area is 199 Å². The molecule has 1 rings (SSSR count).